The molecule has 9 heteroatoms. The van der Waals surface area contributed by atoms with E-state index in [0.29, 0.717) is 40.6 Å². The Kier molecular flexibility index (Phi) is 4.18. The van der Waals surface area contributed by atoms with Crippen molar-refractivity contribution < 1.29 is 8.78 Å². The van der Waals surface area contributed by atoms with Crippen molar-refractivity contribution in [1.82, 2.24) is 29.1 Å². The first kappa shape index (κ1) is 18.0. The molecule has 4 aromatic rings. The summed E-state index contributed by atoms with van der Waals surface area (Å²) < 4.78 is 29.2. The summed E-state index contributed by atoms with van der Waals surface area (Å²) in [7, 11) is 0. The van der Waals surface area contributed by atoms with E-state index in [4.69, 9.17) is 0 Å². The van der Waals surface area contributed by atoms with E-state index in [-0.39, 0.29) is 0 Å². The third kappa shape index (κ3) is 3.30. The van der Waals surface area contributed by atoms with E-state index in [9.17, 15) is 8.78 Å². The molecule has 29 heavy (non-hydrogen) atoms. The smallest absolute Gasteiger partial charge is 0.256 e. The number of hydrogen-bond acceptors (Lipinski definition) is 5. The van der Waals surface area contributed by atoms with Crippen LogP contribution in [0.5, 0.6) is 0 Å². The van der Waals surface area contributed by atoms with Gasteiger partial charge in [0.05, 0.1) is 24.0 Å². The lowest BCUT2D eigenvalue weighted by molar-refractivity contribution is 0.127. The maximum absolute atomic E-state index is 13.0. The molecule has 5 rings (SSSR count). The number of alkyl halides is 2. The van der Waals surface area contributed by atoms with Crippen LogP contribution in [-0.4, -0.2) is 41.6 Å². The summed E-state index contributed by atoms with van der Waals surface area (Å²) in [5.41, 5.74) is 3.38. The average Bonchev–Trinajstić information content (AvgIpc) is 3.40. The van der Waals surface area contributed by atoms with Gasteiger partial charge in [-0.25, -0.2) is 28.2 Å². The van der Waals surface area contributed by atoms with E-state index < -0.39 is 13.0 Å². The molecule has 0 spiro atoms. The summed E-state index contributed by atoms with van der Waals surface area (Å²) >= 11 is 0. The van der Waals surface area contributed by atoms with Crippen molar-refractivity contribution >= 4 is 22.6 Å². The van der Waals surface area contributed by atoms with Crippen LogP contribution in [0.2, 0.25) is 0 Å². The van der Waals surface area contributed by atoms with Crippen molar-refractivity contribution in [2.45, 2.75) is 45.7 Å². The second-order valence-corrected chi connectivity index (χ2v) is 7.61. The molecular formula is C20H21F2N7. The van der Waals surface area contributed by atoms with Crippen LogP contribution in [0.3, 0.4) is 0 Å². The van der Waals surface area contributed by atoms with Crippen LogP contribution in [0.15, 0.2) is 30.6 Å². The standard InChI is InChI=1S/C20H21F2N7/c1-11(13-3-4-13)24-20-23-9-17-14(7-8-29(17)27-20)15-5-6-16-19(26-15)28(10-18(21)22)12(2)25-16/h5-9,11,13,18H,3-4,10H2,1-2H3,(H,24,27). The van der Waals surface area contributed by atoms with Gasteiger partial charge in [0.25, 0.3) is 6.43 Å². The number of aryl methyl sites for hydroxylation is 1. The zero-order valence-electron chi connectivity index (χ0n) is 16.2. The fraction of sp³-hybridized carbons (Fsp3) is 0.400. The summed E-state index contributed by atoms with van der Waals surface area (Å²) in [6, 6.07) is 5.92. The summed E-state index contributed by atoms with van der Waals surface area (Å²) in [6.07, 6.45) is 3.65. The van der Waals surface area contributed by atoms with E-state index >= 15 is 0 Å². The van der Waals surface area contributed by atoms with E-state index in [2.05, 4.69) is 32.3 Å². The molecule has 1 aliphatic rings. The Morgan fingerprint density at radius 2 is 2.03 bits per heavy atom. The molecule has 1 unspecified atom stereocenters. The molecule has 7 nitrogen and oxygen atoms in total. The van der Waals surface area contributed by atoms with E-state index in [0.717, 1.165) is 11.1 Å². The number of imidazole rings is 1. The number of hydrogen-bond donors (Lipinski definition) is 1. The SMILES string of the molecule is Cc1nc2ccc(-c3ccn4nc(NC(C)C5CC5)ncc34)nc2n1CC(F)F. The van der Waals surface area contributed by atoms with Crippen LogP contribution in [0.1, 0.15) is 25.6 Å². The van der Waals surface area contributed by atoms with Gasteiger partial charge in [0.15, 0.2) is 5.65 Å². The van der Waals surface area contributed by atoms with Crippen LogP contribution in [0.4, 0.5) is 14.7 Å². The highest BCUT2D eigenvalue weighted by Gasteiger charge is 2.28. The predicted octanol–water partition coefficient (Wildman–Crippen LogP) is 3.92. The molecule has 1 aliphatic carbocycles. The monoisotopic (exact) mass is 397 g/mol. The van der Waals surface area contributed by atoms with E-state index in [1.165, 1.54) is 17.4 Å². The topological polar surface area (TPSA) is 72.9 Å². The molecule has 150 valence electrons. The Bertz CT molecular complexity index is 1190. The van der Waals surface area contributed by atoms with Gasteiger partial charge in [-0.2, -0.15) is 0 Å². The highest BCUT2D eigenvalue weighted by atomic mass is 19.3. The Balaban J connectivity index is 1.52. The number of nitrogens with one attached hydrogen (secondary N) is 1. The number of halogens is 2. The second-order valence-electron chi connectivity index (χ2n) is 7.61. The molecular weight excluding hydrogens is 376 g/mol. The minimum atomic E-state index is -2.47. The van der Waals surface area contributed by atoms with Crippen LogP contribution < -0.4 is 5.32 Å². The largest absolute Gasteiger partial charge is 0.350 e. The lowest BCUT2D eigenvalue weighted by Crippen LogP contribution is -2.19. The minimum absolute atomic E-state index is 0.352. The van der Waals surface area contributed by atoms with Gasteiger partial charge in [-0.15, -0.1) is 5.10 Å². The zero-order valence-corrected chi connectivity index (χ0v) is 16.2. The maximum atomic E-state index is 13.0. The van der Waals surface area contributed by atoms with Gasteiger partial charge in [0.2, 0.25) is 5.95 Å². The second kappa shape index (κ2) is 6.75. The molecule has 4 aromatic heterocycles. The van der Waals surface area contributed by atoms with Crippen LogP contribution in [0, 0.1) is 12.8 Å². The van der Waals surface area contributed by atoms with Crippen LogP contribution >= 0.6 is 0 Å². The van der Waals surface area contributed by atoms with Gasteiger partial charge >= 0.3 is 0 Å². The van der Waals surface area contributed by atoms with Crippen molar-refractivity contribution in [1.29, 1.82) is 0 Å². The van der Waals surface area contributed by atoms with E-state index in [1.54, 1.807) is 17.6 Å². The fourth-order valence-electron chi connectivity index (χ4n) is 3.72. The van der Waals surface area contributed by atoms with Crippen LogP contribution in [-0.2, 0) is 6.54 Å². The fourth-order valence-corrected chi connectivity index (χ4v) is 3.72. The van der Waals surface area contributed by atoms with Gasteiger partial charge in [0.1, 0.15) is 11.3 Å². The Morgan fingerprint density at radius 3 is 2.79 bits per heavy atom. The summed E-state index contributed by atoms with van der Waals surface area (Å²) in [5, 5.41) is 7.90. The summed E-state index contributed by atoms with van der Waals surface area (Å²) in [6.45, 7) is 3.44. The minimum Gasteiger partial charge on any atom is -0.350 e. The van der Waals surface area contributed by atoms with Crippen molar-refractivity contribution in [3.63, 3.8) is 0 Å². The number of aromatic nitrogens is 6. The third-order valence-electron chi connectivity index (χ3n) is 5.48. The molecule has 1 atom stereocenters. The lowest BCUT2D eigenvalue weighted by Gasteiger charge is -2.12. The van der Waals surface area contributed by atoms with Gasteiger partial charge in [-0.3, -0.25) is 0 Å². The number of pyridine rings is 1. The van der Waals surface area contributed by atoms with Gasteiger partial charge in [-0.1, -0.05) is 0 Å². The molecule has 0 amide bonds. The summed E-state index contributed by atoms with van der Waals surface area (Å²) in [4.78, 5) is 13.4. The quantitative estimate of drug-likeness (QED) is 0.534. The molecule has 1 N–H and O–H groups in total. The first-order valence-electron chi connectivity index (χ1n) is 9.73. The highest BCUT2D eigenvalue weighted by molar-refractivity contribution is 5.82. The molecule has 0 aromatic carbocycles. The molecule has 0 radical (unpaired) electrons. The van der Waals surface area contributed by atoms with Crippen molar-refractivity contribution in [2.24, 2.45) is 5.92 Å². The highest BCUT2D eigenvalue weighted by Crippen LogP contribution is 2.33. The van der Waals surface area contributed by atoms with Crippen molar-refractivity contribution in [2.75, 3.05) is 5.32 Å². The maximum Gasteiger partial charge on any atom is 0.256 e. The normalized spacial score (nSPS) is 15.5. The summed E-state index contributed by atoms with van der Waals surface area (Å²) in [5.74, 6) is 1.82. The molecule has 0 saturated heterocycles. The lowest BCUT2D eigenvalue weighted by atomic mass is 10.2. The molecule has 0 bridgehead atoms. The molecule has 0 aliphatic heterocycles. The van der Waals surface area contributed by atoms with Gasteiger partial charge in [0, 0.05) is 17.8 Å². The van der Waals surface area contributed by atoms with Gasteiger partial charge < -0.3 is 9.88 Å². The third-order valence-corrected chi connectivity index (χ3v) is 5.48. The van der Waals surface area contributed by atoms with Crippen LogP contribution in [0.25, 0.3) is 27.9 Å². The molecule has 4 heterocycles. The first-order chi connectivity index (χ1) is 14.0. The number of fused-ring (bicyclic) bond motifs is 2. The van der Waals surface area contributed by atoms with E-state index in [1.807, 2.05) is 24.4 Å². The molecule has 1 saturated carbocycles. The van der Waals surface area contributed by atoms with Gasteiger partial charge in [-0.05, 0) is 50.8 Å². The number of anilines is 1. The Morgan fingerprint density at radius 1 is 1.21 bits per heavy atom. The zero-order chi connectivity index (χ0) is 20.1. The predicted molar refractivity (Wildman–Crippen MR) is 106 cm³/mol. The molecule has 1 fully saturated rings. The first-order valence-corrected chi connectivity index (χ1v) is 9.73. The average molecular weight is 397 g/mol. The van der Waals surface area contributed by atoms with Crippen molar-refractivity contribution in [3.05, 3.63) is 36.4 Å². The van der Waals surface area contributed by atoms with Crippen molar-refractivity contribution in [3.8, 4) is 11.3 Å². The Labute approximate surface area is 165 Å². The Hall–Kier alpha value is -3.10. The number of rotatable bonds is 6. The number of nitrogens with zero attached hydrogens (tertiary/aromatic N) is 6.